The highest BCUT2D eigenvalue weighted by molar-refractivity contribution is 6.04. The van der Waals surface area contributed by atoms with Crippen LogP contribution in [-0.4, -0.2) is 5.11 Å². The lowest BCUT2D eigenvalue weighted by Crippen LogP contribution is -2.00. The van der Waals surface area contributed by atoms with Crippen molar-refractivity contribution < 1.29 is 9.52 Å². The molecule has 0 bridgehead atoms. The zero-order chi connectivity index (χ0) is 12.7. The highest BCUT2D eigenvalue weighted by atomic mass is 16.4. The summed E-state index contributed by atoms with van der Waals surface area (Å²) in [7, 11) is 0. The van der Waals surface area contributed by atoms with Crippen molar-refractivity contribution in [1.82, 2.24) is 0 Å². The molecule has 0 aliphatic rings. The molecule has 1 heterocycles. The van der Waals surface area contributed by atoms with Gasteiger partial charge in [-0.3, -0.25) is 0 Å². The highest BCUT2D eigenvalue weighted by Crippen LogP contribution is 2.26. The van der Waals surface area contributed by atoms with E-state index in [1.54, 1.807) is 12.1 Å². The van der Waals surface area contributed by atoms with Crippen LogP contribution in [0.4, 0.5) is 0 Å². The number of aromatic hydroxyl groups is 1. The summed E-state index contributed by atoms with van der Waals surface area (Å²) in [6, 6.07) is 10.6. The number of hydrogen-bond donors (Lipinski definition) is 1. The van der Waals surface area contributed by atoms with E-state index in [1.807, 2.05) is 25.1 Å². The predicted molar refractivity (Wildman–Crippen MR) is 71.0 cm³/mol. The van der Waals surface area contributed by atoms with Crippen molar-refractivity contribution in [2.24, 2.45) is 0 Å². The summed E-state index contributed by atoms with van der Waals surface area (Å²) < 4.78 is 5.24. The molecule has 0 aliphatic carbocycles. The molecule has 3 nitrogen and oxygen atoms in total. The minimum absolute atomic E-state index is 0.0928. The third kappa shape index (κ3) is 1.56. The van der Waals surface area contributed by atoms with Crippen LogP contribution < -0.4 is 5.63 Å². The second-order valence-corrected chi connectivity index (χ2v) is 4.30. The van der Waals surface area contributed by atoms with Crippen molar-refractivity contribution >= 4 is 21.7 Å². The average Bonchev–Trinajstić information content (AvgIpc) is 2.38. The van der Waals surface area contributed by atoms with Gasteiger partial charge in [-0.25, -0.2) is 4.79 Å². The molecule has 0 radical (unpaired) electrons. The molecule has 0 atom stereocenters. The molecule has 3 aromatic rings. The molecular weight excluding hydrogens is 228 g/mol. The standard InChI is InChI=1S/C15H12O3/c1-2-9-3-5-11-12-6-4-10(16)8-14(12)18-15(17)13(11)7-9/h3-8,16H,2H2,1H3. The van der Waals surface area contributed by atoms with E-state index in [4.69, 9.17) is 4.42 Å². The first-order valence-corrected chi connectivity index (χ1v) is 5.87. The Morgan fingerprint density at radius 2 is 1.83 bits per heavy atom. The van der Waals surface area contributed by atoms with Crippen molar-refractivity contribution in [2.45, 2.75) is 13.3 Å². The fourth-order valence-corrected chi connectivity index (χ4v) is 2.19. The third-order valence-corrected chi connectivity index (χ3v) is 3.17. The van der Waals surface area contributed by atoms with Crippen molar-refractivity contribution in [3.05, 3.63) is 52.4 Å². The monoisotopic (exact) mass is 240 g/mol. The fraction of sp³-hybridized carbons (Fsp3) is 0.133. The van der Waals surface area contributed by atoms with E-state index in [0.29, 0.717) is 11.0 Å². The molecular formula is C15H12O3. The molecule has 0 spiro atoms. The largest absolute Gasteiger partial charge is 0.508 e. The first kappa shape index (κ1) is 10.8. The molecule has 2 aromatic carbocycles. The van der Waals surface area contributed by atoms with Gasteiger partial charge in [0, 0.05) is 11.5 Å². The van der Waals surface area contributed by atoms with Gasteiger partial charge in [-0.15, -0.1) is 0 Å². The molecule has 0 unspecified atom stereocenters. The van der Waals surface area contributed by atoms with Gasteiger partial charge in [0.25, 0.3) is 0 Å². The Morgan fingerprint density at radius 3 is 2.61 bits per heavy atom. The van der Waals surface area contributed by atoms with Gasteiger partial charge in [0.15, 0.2) is 0 Å². The normalized spacial score (nSPS) is 11.2. The Kier molecular flexibility index (Phi) is 2.33. The van der Waals surface area contributed by atoms with E-state index in [2.05, 4.69) is 0 Å². The van der Waals surface area contributed by atoms with Crippen LogP contribution in [0.3, 0.4) is 0 Å². The summed E-state index contributed by atoms with van der Waals surface area (Å²) in [5.74, 6) is 0.0928. The van der Waals surface area contributed by atoms with Crippen molar-refractivity contribution in [1.29, 1.82) is 0 Å². The Balaban J connectivity index is 2.51. The van der Waals surface area contributed by atoms with Crippen LogP contribution >= 0.6 is 0 Å². The molecule has 18 heavy (non-hydrogen) atoms. The highest BCUT2D eigenvalue weighted by Gasteiger charge is 2.08. The lowest BCUT2D eigenvalue weighted by atomic mass is 10.0. The maximum atomic E-state index is 11.9. The zero-order valence-electron chi connectivity index (χ0n) is 9.93. The summed E-state index contributed by atoms with van der Waals surface area (Å²) in [5, 5.41) is 11.7. The lowest BCUT2D eigenvalue weighted by molar-refractivity contribution is 0.473. The molecule has 1 N–H and O–H groups in total. The number of phenolic OH excluding ortho intramolecular Hbond substituents is 1. The van der Waals surface area contributed by atoms with E-state index < -0.39 is 0 Å². The molecule has 0 aliphatic heterocycles. The molecule has 3 rings (SSSR count). The van der Waals surface area contributed by atoms with Gasteiger partial charge < -0.3 is 9.52 Å². The number of fused-ring (bicyclic) bond motifs is 3. The summed E-state index contributed by atoms with van der Waals surface area (Å²) >= 11 is 0. The molecule has 1 aromatic heterocycles. The molecule has 90 valence electrons. The van der Waals surface area contributed by atoms with Gasteiger partial charge in [0.2, 0.25) is 0 Å². The van der Waals surface area contributed by atoms with E-state index in [0.717, 1.165) is 22.8 Å². The summed E-state index contributed by atoms with van der Waals surface area (Å²) in [4.78, 5) is 11.9. The number of hydrogen-bond acceptors (Lipinski definition) is 3. The smallest absolute Gasteiger partial charge is 0.344 e. The first-order valence-electron chi connectivity index (χ1n) is 5.87. The number of rotatable bonds is 1. The summed E-state index contributed by atoms with van der Waals surface area (Å²) in [6.07, 6.45) is 0.878. The quantitative estimate of drug-likeness (QED) is 0.525. The minimum Gasteiger partial charge on any atom is -0.508 e. The van der Waals surface area contributed by atoms with Gasteiger partial charge >= 0.3 is 5.63 Å². The number of aryl methyl sites for hydroxylation is 1. The van der Waals surface area contributed by atoms with Crippen molar-refractivity contribution in [3.63, 3.8) is 0 Å². The minimum atomic E-state index is -0.363. The molecule has 3 heteroatoms. The topological polar surface area (TPSA) is 50.4 Å². The zero-order valence-corrected chi connectivity index (χ0v) is 9.93. The second kappa shape index (κ2) is 3.88. The average molecular weight is 240 g/mol. The van der Waals surface area contributed by atoms with Gasteiger partial charge in [0.05, 0.1) is 5.39 Å². The van der Waals surface area contributed by atoms with Crippen LogP contribution in [0, 0.1) is 0 Å². The Hall–Kier alpha value is -2.29. The number of phenols is 1. The maximum absolute atomic E-state index is 11.9. The van der Waals surface area contributed by atoms with E-state index >= 15 is 0 Å². The SMILES string of the molecule is CCc1ccc2c(c1)c(=O)oc1cc(O)ccc12. The molecule has 0 amide bonds. The maximum Gasteiger partial charge on any atom is 0.344 e. The van der Waals surface area contributed by atoms with Gasteiger partial charge in [-0.2, -0.15) is 0 Å². The molecule has 0 saturated carbocycles. The van der Waals surface area contributed by atoms with Gasteiger partial charge in [0.1, 0.15) is 11.3 Å². The van der Waals surface area contributed by atoms with Crippen molar-refractivity contribution in [2.75, 3.05) is 0 Å². The van der Waals surface area contributed by atoms with E-state index in [9.17, 15) is 9.90 Å². The Morgan fingerprint density at radius 1 is 1.06 bits per heavy atom. The van der Waals surface area contributed by atoms with Gasteiger partial charge in [-0.05, 0) is 35.6 Å². The van der Waals surface area contributed by atoms with Crippen LogP contribution in [0.2, 0.25) is 0 Å². The fourth-order valence-electron chi connectivity index (χ4n) is 2.19. The number of benzene rings is 2. The Bertz CT molecular complexity index is 800. The van der Waals surface area contributed by atoms with Crippen LogP contribution in [0.1, 0.15) is 12.5 Å². The second-order valence-electron chi connectivity index (χ2n) is 4.30. The summed E-state index contributed by atoms with van der Waals surface area (Å²) in [5.41, 5.74) is 1.16. The lowest BCUT2D eigenvalue weighted by Gasteiger charge is -2.04. The van der Waals surface area contributed by atoms with E-state index in [-0.39, 0.29) is 11.4 Å². The van der Waals surface area contributed by atoms with Crippen LogP contribution in [-0.2, 0) is 6.42 Å². The predicted octanol–water partition coefficient (Wildman–Crippen LogP) is 3.21. The van der Waals surface area contributed by atoms with E-state index in [1.165, 1.54) is 6.07 Å². The van der Waals surface area contributed by atoms with Crippen LogP contribution in [0.5, 0.6) is 5.75 Å². The van der Waals surface area contributed by atoms with Crippen LogP contribution in [0.15, 0.2) is 45.6 Å². The Labute approximate surface area is 103 Å². The van der Waals surface area contributed by atoms with Crippen molar-refractivity contribution in [3.8, 4) is 5.75 Å². The third-order valence-electron chi connectivity index (χ3n) is 3.17. The molecule has 0 saturated heterocycles. The first-order chi connectivity index (χ1) is 8.69. The van der Waals surface area contributed by atoms with Crippen LogP contribution in [0.25, 0.3) is 21.7 Å². The molecule has 0 fully saturated rings. The van der Waals surface area contributed by atoms with Gasteiger partial charge in [-0.1, -0.05) is 19.1 Å². The summed E-state index contributed by atoms with van der Waals surface area (Å²) in [6.45, 7) is 2.04.